The molecule has 0 spiro atoms. The van der Waals surface area contributed by atoms with Gasteiger partial charge in [-0.1, -0.05) is 13.8 Å². The summed E-state index contributed by atoms with van der Waals surface area (Å²) in [4.78, 5) is 23.9. The molecule has 0 bridgehead atoms. The summed E-state index contributed by atoms with van der Waals surface area (Å²) in [5, 5.41) is 3.91. The number of hydrogen-bond donors (Lipinski definition) is 3. The maximum Gasteiger partial charge on any atom is 0.274 e. The first-order valence-corrected chi connectivity index (χ1v) is 10.9. The summed E-state index contributed by atoms with van der Waals surface area (Å²) in [5.41, 5.74) is 5.31. The first-order chi connectivity index (χ1) is 15.0. The van der Waals surface area contributed by atoms with Gasteiger partial charge in [0.1, 0.15) is 11.5 Å². The lowest BCUT2D eigenvalue weighted by Crippen LogP contribution is -2.51. The Labute approximate surface area is 181 Å². The molecule has 2 fully saturated rings. The number of carbonyl (C=O) groups is 1. The number of aromatic nitrogens is 2. The maximum atomic E-state index is 13.0. The zero-order chi connectivity index (χ0) is 21.5. The number of nitrogens with one attached hydrogen (secondary N) is 2. The van der Waals surface area contributed by atoms with E-state index in [1.165, 1.54) is 0 Å². The summed E-state index contributed by atoms with van der Waals surface area (Å²) in [7, 11) is 0. The van der Waals surface area contributed by atoms with Crippen LogP contribution in [0.15, 0.2) is 41.1 Å². The molecule has 4 N–H and O–H groups in total. The van der Waals surface area contributed by atoms with Crippen LogP contribution in [0.2, 0.25) is 0 Å². The Balaban J connectivity index is 1.37. The van der Waals surface area contributed by atoms with Crippen LogP contribution in [-0.4, -0.2) is 35.0 Å². The lowest BCUT2D eigenvalue weighted by molar-refractivity contribution is 0.102. The minimum absolute atomic E-state index is 0.201. The Morgan fingerprint density at radius 3 is 2.84 bits per heavy atom. The van der Waals surface area contributed by atoms with Crippen molar-refractivity contribution in [2.75, 3.05) is 23.3 Å². The number of hydrogen-bond acceptors (Lipinski definition) is 7. The Morgan fingerprint density at radius 2 is 2.06 bits per heavy atom. The van der Waals surface area contributed by atoms with E-state index in [2.05, 4.69) is 39.5 Å². The van der Waals surface area contributed by atoms with E-state index in [0.29, 0.717) is 34.8 Å². The molecule has 0 radical (unpaired) electrons. The third-order valence-electron chi connectivity index (χ3n) is 6.39. The number of rotatable bonds is 5. The normalized spacial score (nSPS) is 25.6. The number of furan rings is 1. The zero-order valence-electron chi connectivity index (χ0n) is 17.8. The number of fused-ring (bicyclic) bond motifs is 1. The third-order valence-corrected chi connectivity index (χ3v) is 6.39. The zero-order valence-corrected chi connectivity index (χ0v) is 17.8. The second-order valence-corrected chi connectivity index (χ2v) is 9.02. The van der Waals surface area contributed by atoms with Gasteiger partial charge in [-0.3, -0.25) is 21.0 Å². The lowest BCUT2D eigenvalue weighted by atomic mass is 9.96. The van der Waals surface area contributed by atoms with Crippen LogP contribution in [0, 0.1) is 11.8 Å². The standard InChI is InChI=1S/C23H28N6O2/c1-13-7-16(28-24)12-29(11-13)20-5-6-25-10-19(20)26-22(30)18-4-3-15-9-21(17-8-14(17)2)31-23(15)27-18/h3-6,9-10,13-14,16-17,28H,7-8,11-12,24H2,1-2H3,(H,26,30)/t13-,14-,16+,17-/m1/s1. The van der Waals surface area contributed by atoms with Crippen LogP contribution in [0.3, 0.4) is 0 Å². The molecule has 4 atom stereocenters. The highest BCUT2D eigenvalue weighted by atomic mass is 16.3. The van der Waals surface area contributed by atoms with Crippen molar-refractivity contribution in [2.24, 2.45) is 17.7 Å². The molecular formula is C23H28N6O2. The van der Waals surface area contributed by atoms with Crippen molar-refractivity contribution in [3.05, 3.63) is 48.1 Å². The van der Waals surface area contributed by atoms with E-state index in [9.17, 15) is 4.79 Å². The Bertz CT molecular complexity index is 1110. The van der Waals surface area contributed by atoms with Gasteiger partial charge in [-0.25, -0.2) is 4.98 Å². The molecule has 3 aromatic heterocycles. The number of carbonyl (C=O) groups excluding carboxylic acids is 1. The van der Waals surface area contributed by atoms with E-state index in [1.54, 1.807) is 18.5 Å². The van der Waals surface area contributed by atoms with Crippen molar-refractivity contribution in [3.63, 3.8) is 0 Å². The van der Waals surface area contributed by atoms with Crippen LogP contribution in [0.1, 0.15) is 48.9 Å². The summed E-state index contributed by atoms with van der Waals surface area (Å²) >= 11 is 0. The molecule has 8 nitrogen and oxygen atoms in total. The third kappa shape index (κ3) is 4.00. The molecular weight excluding hydrogens is 392 g/mol. The summed E-state index contributed by atoms with van der Waals surface area (Å²) in [6.45, 7) is 6.08. The molecule has 0 unspecified atom stereocenters. The average molecular weight is 421 g/mol. The lowest BCUT2D eigenvalue weighted by Gasteiger charge is -2.38. The monoisotopic (exact) mass is 420 g/mol. The minimum atomic E-state index is -0.285. The van der Waals surface area contributed by atoms with Gasteiger partial charge in [0, 0.05) is 36.6 Å². The molecule has 1 amide bonds. The quantitative estimate of drug-likeness (QED) is 0.429. The van der Waals surface area contributed by atoms with Crippen molar-refractivity contribution >= 4 is 28.4 Å². The number of amides is 1. The van der Waals surface area contributed by atoms with Crippen molar-refractivity contribution in [1.82, 2.24) is 15.4 Å². The van der Waals surface area contributed by atoms with Crippen LogP contribution in [-0.2, 0) is 0 Å². The largest absolute Gasteiger partial charge is 0.442 e. The van der Waals surface area contributed by atoms with Gasteiger partial charge >= 0.3 is 0 Å². The van der Waals surface area contributed by atoms with E-state index in [1.807, 2.05) is 18.2 Å². The van der Waals surface area contributed by atoms with Gasteiger partial charge in [0.25, 0.3) is 5.91 Å². The molecule has 3 aromatic rings. The Kier molecular flexibility index (Phi) is 5.11. The van der Waals surface area contributed by atoms with E-state index < -0.39 is 0 Å². The van der Waals surface area contributed by atoms with Crippen LogP contribution < -0.4 is 21.5 Å². The number of hydrazine groups is 1. The first kappa shape index (κ1) is 20.0. The van der Waals surface area contributed by atoms with Gasteiger partial charge in [0.2, 0.25) is 5.71 Å². The van der Waals surface area contributed by atoms with Gasteiger partial charge in [0.15, 0.2) is 0 Å². The molecule has 162 valence electrons. The second kappa shape index (κ2) is 7.94. The predicted octanol–water partition coefficient (Wildman–Crippen LogP) is 3.28. The number of anilines is 2. The average Bonchev–Trinajstić information content (AvgIpc) is 3.35. The highest BCUT2D eigenvalue weighted by Gasteiger charge is 2.37. The van der Waals surface area contributed by atoms with E-state index in [0.717, 1.165) is 42.8 Å². The van der Waals surface area contributed by atoms with Crippen LogP contribution >= 0.6 is 0 Å². The van der Waals surface area contributed by atoms with Crippen molar-refractivity contribution < 1.29 is 9.21 Å². The topological polar surface area (TPSA) is 109 Å². The fraction of sp³-hybridized carbons (Fsp3) is 0.435. The number of nitrogens with zero attached hydrogens (tertiary/aromatic N) is 3. The van der Waals surface area contributed by atoms with Crippen LogP contribution in [0.25, 0.3) is 11.1 Å². The van der Waals surface area contributed by atoms with Crippen LogP contribution in [0.5, 0.6) is 0 Å². The molecule has 1 aliphatic carbocycles. The van der Waals surface area contributed by atoms with Gasteiger partial charge in [-0.05, 0) is 48.9 Å². The summed E-state index contributed by atoms with van der Waals surface area (Å²) in [6, 6.07) is 7.79. The van der Waals surface area contributed by atoms with Gasteiger partial charge < -0.3 is 14.6 Å². The number of nitrogens with two attached hydrogens (primary N) is 1. The van der Waals surface area contributed by atoms with Gasteiger partial charge in [0.05, 0.1) is 17.6 Å². The highest BCUT2D eigenvalue weighted by molar-refractivity contribution is 6.05. The SMILES string of the molecule is C[C@@H]1C[C@H](NN)CN(c2ccncc2NC(=O)c2ccc3cc([C@@H]4C[C@H]4C)oc3n2)C1. The number of pyridine rings is 2. The molecule has 1 aliphatic heterocycles. The van der Waals surface area contributed by atoms with E-state index >= 15 is 0 Å². The van der Waals surface area contributed by atoms with Crippen molar-refractivity contribution in [3.8, 4) is 0 Å². The fourth-order valence-electron chi connectivity index (χ4n) is 4.58. The predicted molar refractivity (Wildman–Crippen MR) is 120 cm³/mol. The van der Waals surface area contributed by atoms with Crippen LogP contribution in [0.4, 0.5) is 11.4 Å². The number of piperidine rings is 1. The minimum Gasteiger partial charge on any atom is -0.442 e. The smallest absolute Gasteiger partial charge is 0.274 e. The van der Waals surface area contributed by atoms with Crippen molar-refractivity contribution in [1.29, 1.82) is 0 Å². The Morgan fingerprint density at radius 1 is 1.23 bits per heavy atom. The first-order valence-electron chi connectivity index (χ1n) is 10.9. The summed E-state index contributed by atoms with van der Waals surface area (Å²) in [6.07, 6.45) is 5.58. The van der Waals surface area contributed by atoms with E-state index in [-0.39, 0.29) is 11.9 Å². The second-order valence-electron chi connectivity index (χ2n) is 9.02. The molecule has 5 rings (SSSR count). The Hall–Kier alpha value is -2.97. The van der Waals surface area contributed by atoms with Crippen molar-refractivity contribution in [2.45, 2.75) is 38.6 Å². The molecule has 1 saturated carbocycles. The molecule has 4 heterocycles. The summed E-state index contributed by atoms with van der Waals surface area (Å²) in [5.74, 6) is 7.99. The molecule has 0 aromatic carbocycles. The van der Waals surface area contributed by atoms with Gasteiger partial charge in [-0.2, -0.15) is 0 Å². The highest BCUT2D eigenvalue weighted by Crippen LogP contribution is 2.48. The maximum absolute atomic E-state index is 13.0. The summed E-state index contributed by atoms with van der Waals surface area (Å²) < 4.78 is 5.93. The molecule has 8 heteroatoms. The molecule has 1 saturated heterocycles. The molecule has 2 aliphatic rings. The van der Waals surface area contributed by atoms with Gasteiger partial charge in [-0.15, -0.1) is 0 Å². The fourth-order valence-corrected chi connectivity index (χ4v) is 4.58. The molecule has 31 heavy (non-hydrogen) atoms. The van der Waals surface area contributed by atoms with E-state index in [4.69, 9.17) is 10.3 Å².